The zero-order valence-corrected chi connectivity index (χ0v) is 11.6. The van der Waals surface area contributed by atoms with Crippen molar-refractivity contribution in [2.24, 2.45) is 7.05 Å². The Morgan fingerprint density at radius 1 is 0.952 bits per heavy atom. The van der Waals surface area contributed by atoms with Crippen molar-refractivity contribution in [3.63, 3.8) is 0 Å². The molecule has 21 heavy (non-hydrogen) atoms. The standard InChI is InChI=1S/C17H14N2O2/c1-19-14-10-6-5-9-13(14)17(18-19)16(21)11-15(20)12-7-3-2-4-8-12/h2-10H,11H2,1H3. The monoisotopic (exact) mass is 278 g/mol. The van der Waals surface area contributed by atoms with Gasteiger partial charge >= 0.3 is 0 Å². The van der Waals surface area contributed by atoms with Gasteiger partial charge in [0.2, 0.25) is 0 Å². The minimum absolute atomic E-state index is 0.162. The highest BCUT2D eigenvalue weighted by Gasteiger charge is 2.19. The molecule has 1 aromatic heterocycles. The van der Waals surface area contributed by atoms with Crippen LogP contribution in [0.5, 0.6) is 0 Å². The summed E-state index contributed by atoms with van der Waals surface area (Å²) in [4.78, 5) is 24.5. The van der Waals surface area contributed by atoms with Crippen LogP contribution in [0.1, 0.15) is 27.3 Å². The van der Waals surface area contributed by atoms with E-state index in [1.54, 1.807) is 36.0 Å². The molecule has 0 aliphatic carbocycles. The van der Waals surface area contributed by atoms with E-state index in [4.69, 9.17) is 0 Å². The number of aromatic nitrogens is 2. The van der Waals surface area contributed by atoms with Crippen LogP contribution in [-0.2, 0) is 7.05 Å². The lowest BCUT2D eigenvalue weighted by Crippen LogP contribution is -2.09. The molecule has 0 amide bonds. The van der Waals surface area contributed by atoms with E-state index in [1.807, 2.05) is 30.3 Å². The molecule has 3 aromatic rings. The normalized spacial score (nSPS) is 10.7. The van der Waals surface area contributed by atoms with Crippen LogP contribution in [0.4, 0.5) is 0 Å². The number of para-hydroxylation sites is 1. The van der Waals surface area contributed by atoms with Crippen molar-refractivity contribution in [2.75, 3.05) is 0 Å². The fourth-order valence-corrected chi connectivity index (χ4v) is 2.38. The third-order valence-electron chi connectivity index (χ3n) is 3.44. The van der Waals surface area contributed by atoms with Crippen LogP contribution in [-0.4, -0.2) is 21.3 Å². The number of carbonyl (C=O) groups is 2. The van der Waals surface area contributed by atoms with Crippen molar-refractivity contribution in [3.8, 4) is 0 Å². The Hall–Kier alpha value is -2.75. The maximum absolute atomic E-state index is 12.4. The highest BCUT2D eigenvalue weighted by atomic mass is 16.1. The number of hydrogen-bond donors (Lipinski definition) is 0. The van der Waals surface area contributed by atoms with Gasteiger partial charge in [-0.25, -0.2) is 0 Å². The number of aryl methyl sites for hydroxylation is 1. The van der Waals surface area contributed by atoms with Gasteiger partial charge in [-0.1, -0.05) is 48.5 Å². The first-order valence-corrected chi connectivity index (χ1v) is 6.70. The van der Waals surface area contributed by atoms with Crippen LogP contribution in [0, 0.1) is 0 Å². The second kappa shape index (κ2) is 5.32. The summed E-state index contributed by atoms with van der Waals surface area (Å²) >= 11 is 0. The van der Waals surface area contributed by atoms with Gasteiger partial charge in [0.05, 0.1) is 11.9 Å². The number of benzene rings is 2. The molecule has 104 valence electrons. The van der Waals surface area contributed by atoms with E-state index in [0.717, 1.165) is 10.9 Å². The molecule has 0 N–H and O–H groups in total. The van der Waals surface area contributed by atoms with Crippen LogP contribution >= 0.6 is 0 Å². The molecule has 0 spiro atoms. The van der Waals surface area contributed by atoms with Crippen molar-refractivity contribution in [1.82, 2.24) is 9.78 Å². The number of carbonyl (C=O) groups excluding carboxylic acids is 2. The van der Waals surface area contributed by atoms with Crippen molar-refractivity contribution < 1.29 is 9.59 Å². The van der Waals surface area contributed by atoms with E-state index < -0.39 is 0 Å². The van der Waals surface area contributed by atoms with Crippen LogP contribution in [0.15, 0.2) is 54.6 Å². The molecular formula is C17H14N2O2. The smallest absolute Gasteiger partial charge is 0.191 e. The van der Waals surface area contributed by atoms with Crippen molar-refractivity contribution in [3.05, 3.63) is 65.9 Å². The molecule has 0 saturated carbocycles. The first kappa shape index (κ1) is 13.2. The summed E-state index contributed by atoms with van der Waals surface area (Å²) in [6, 6.07) is 16.3. The molecule has 0 bridgehead atoms. The van der Waals surface area contributed by atoms with Crippen LogP contribution < -0.4 is 0 Å². The molecule has 3 rings (SSSR count). The fraction of sp³-hybridized carbons (Fsp3) is 0.118. The third kappa shape index (κ3) is 2.48. The summed E-state index contributed by atoms with van der Waals surface area (Å²) in [5.74, 6) is -0.434. The lowest BCUT2D eigenvalue weighted by atomic mass is 10.0. The highest BCUT2D eigenvalue weighted by Crippen LogP contribution is 2.19. The van der Waals surface area contributed by atoms with Gasteiger partial charge in [0.25, 0.3) is 0 Å². The lowest BCUT2D eigenvalue weighted by molar-refractivity contribution is 0.0892. The van der Waals surface area contributed by atoms with Gasteiger partial charge in [-0.2, -0.15) is 5.10 Å². The van der Waals surface area contributed by atoms with E-state index in [2.05, 4.69) is 5.10 Å². The molecule has 0 atom stereocenters. The summed E-state index contributed by atoms with van der Waals surface area (Å²) in [5.41, 5.74) is 1.79. The zero-order chi connectivity index (χ0) is 14.8. The number of ketones is 2. The van der Waals surface area contributed by atoms with Gasteiger partial charge in [-0.05, 0) is 6.07 Å². The number of Topliss-reactive ketones (excluding diaryl/α,β-unsaturated/α-hetero) is 2. The van der Waals surface area contributed by atoms with Crippen LogP contribution in [0.3, 0.4) is 0 Å². The zero-order valence-electron chi connectivity index (χ0n) is 11.6. The number of nitrogens with zero attached hydrogens (tertiary/aromatic N) is 2. The number of rotatable bonds is 4. The van der Waals surface area contributed by atoms with Gasteiger partial charge in [0.1, 0.15) is 5.69 Å². The predicted octanol–water partition coefficient (Wildman–Crippen LogP) is 3.03. The average molecular weight is 278 g/mol. The summed E-state index contributed by atoms with van der Waals surface area (Å²) in [5, 5.41) is 5.03. The lowest BCUT2D eigenvalue weighted by Gasteiger charge is -1.99. The summed E-state index contributed by atoms with van der Waals surface area (Å²) < 4.78 is 1.66. The Kier molecular flexibility index (Phi) is 3.36. The Labute approximate surface area is 122 Å². The van der Waals surface area contributed by atoms with E-state index in [1.165, 1.54) is 0 Å². The third-order valence-corrected chi connectivity index (χ3v) is 3.44. The molecule has 1 heterocycles. The molecule has 4 nitrogen and oxygen atoms in total. The quantitative estimate of drug-likeness (QED) is 0.544. The summed E-state index contributed by atoms with van der Waals surface area (Å²) in [7, 11) is 1.79. The maximum Gasteiger partial charge on any atom is 0.191 e. The Balaban J connectivity index is 1.90. The summed E-state index contributed by atoms with van der Waals surface area (Å²) in [6.07, 6.45) is -0.162. The molecule has 0 radical (unpaired) electrons. The number of fused-ring (bicyclic) bond motifs is 1. The Morgan fingerprint density at radius 2 is 1.62 bits per heavy atom. The van der Waals surface area contributed by atoms with Gasteiger partial charge in [-0.15, -0.1) is 0 Å². The average Bonchev–Trinajstić information content (AvgIpc) is 2.86. The fourth-order valence-electron chi connectivity index (χ4n) is 2.38. The second-order valence-corrected chi connectivity index (χ2v) is 4.88. The molecule has 0 unspecified atom stereocenters. The first-order chi connectivity index (χ1) is 10.2. The molecule has 0 aliphatic heterocycles. The van der Waals surface area contributed by atoms with Crippen molar-refractivity contribution in [1.29, 1.82) is 0 Å². The largest absolute Gasteiger partial charge is 0.294 e. The van der Waals surface area contributed by atoms with Crippen LogP contribution in [0.2, 0.25) is 0 Å². The van der Waals surface area contributed by atoms with E-state index in [9.17, 15) is 9.59 Å². The molecule has 0 fully saturated rings. The molecule has 4 heteroatoms. The minimum Gasteiger partial charge on any atom is -0.294 e. The molecule has 0 aliphatic rings. The highest BCUT2D eigenvalue weighted by molar-refractivity contribution is 6.16. The van der Waals surface area contributed by atoms with Gasteiger partial charge in [0, 0.05) is 18.0 Å². The Morgan fingerprint density at radius 3 is 2.38 bits per heavy atom. The SMILES string of the molecule is Cn1nc(C(=O)CC(=O)c2ccccc2)c2ccccc21. The topological polar surface area (TPSA) is 52.0 Å². The van der Waals surface area contributed by atoms with Crippen molar-refractivity contribution >= 4 is 22.5 Å². The second-order valence-electron chi connectivity index (χ2n) is 4.88. The molecule has 0 saturated heterocycles. The van der Waals surface area contributed by atoms with E-state index in [0.29, 0.717) is 11.3 Å². The van der Waals surface area contributed by atoms with E-state index >= 15 is 0 Å². The first-order valence-electron chi connectivity index (χ1n) is 6.70. The van der Waals surface area contributed by atoms with E-state index in [-0.39, 0.29) is 18.0 Å². The number of hydrogen-bond acceptors (Lipinski definition) is 3. The van der Waals surface area contributed by atoms with Crippen LogP contribution in [0.25, 0.3) is 10.9 Å². The van der Waals surface area contributed by atoms with Crippen molar-refractivity contribution in [2.45, 2.75) is 6.42 Å². The maximum atomic E-state index is 12.4. The minimum atomic E-state index is -0.249. The summed E-state index contributed by atoms with van der Waals surface area (Å²) in [6.45, 7) is 0. The molecular weight excluding hydrogens is 264 g/mol. The predicted molar refractivity (Wildman–Crippen MR) is 80.4 cm³/mol. The molecule has 2 aromatic carbocycles. The van der Waals surface area contributed by atoms with Gasteiger partial charge < -0.3 is 0 Å². The Bertz CT molecular complexity index is 819. The van der Waals surface area contributed by atoms with Gasteiger partial charge in [0.15, 0.2) is 11.6 Å². The van der Waals surface area contributed by atoms with Gasteiger partial charge in [-0.3, -0.25) is 14.3 Å².